The highest BCUT2D eigenvalue weighted by atomic mass is 16.5. The summed E-state index contributed by atoms with van der Waals surface area (Å²) in [7, 11) is 0. The fourth-order valence-electron chi connectivity index (χ4n) is 2.67. The van der Waals surface area contributed by atoms with Crippen molar-refractivity contribution in [1.29, 1.82) is 0 Å². The molecule has 5 heteroatoms. The van der Waals surface area contributed by atoms with E-state index in [0.29, 0.717) is 17.6 Å². The van der Waals surface area contributed by atoms with Gasteiger partial charge < -0.3 is 10.2 Å². The van der Waals surface area contributed by atoms with Gasteiger partial charge in [0, 0.05) is 11.5 Å². The second kappa shape index (κ2) is 6.18. The number of nitrogen functional groups attached to an aromatic ring is 1. The number of hydrazine groups is 1. The SMILES string of the molecule is CC1CCC(Oc2cc(NN)nc(C(C)(C)C)n2)CC1C. The van der Waals surface area contributed by atoms with Gasteiger partial charge in [-0.1, -0.05) is 34.6 Å². The van der Waals surface area contributed by atoms with E-state index in [1.165, 1.54) is 6.42 Å². The number of ether oxygens (including phenoxy) is 1. The highest BCUT2D eigenvalue weighted by Gasteiger charge is 2.27. The van der Waals surface area contributed by atoms with Gasteiger partial charge in [-0.2, -0.15) is 4.98 Å². The summed E-state index contributed by atoms with van der Waals surface area (Å²) in [6, 6.07) is 1.78. The van der Waals surface area contributed by atoms with Gasteiger partial charge in [0.15, 0.2) is 0 Å². The molecule has 118 valence electrons. The van der Waals surface area contributed by atoms with Crippen molar-refractivity contribution in [3.63, 3.8) is 0 Å². The van der Waals surface area contributed by atoms with Crippen molar-refractivity contribution in [3.05, 3.63) is 11.9 Å². The maximum Gasteiger partial charge on any atom is 0.219 e. The molecule has 3 atom stereocenters. The van der Waals surface area contributed by atoms with Crippen LogP contribution in [0.1, 0.15) is 59.7 Å². The van der Waals surface area contributed by atoms with Gasteiger partial charge in [-0.15, -0.1) is 0 Å². The van der Waals surface area contributed by atoms with Gasteiger partial charge >= 0.3 is 0 Å². The molecule has 1 fully saturated rings. The molecule has 3 unspecified atom stereocenters. The van der Waals surface area contributed by atoms with Gasteiger partial charge in [0.25, 0.3) is 0 Å². The Hall–Kier alpha value is -1.36. The van der Waals surface area contributed by atoms with Crippen LogP contribution < -0.4 is 16.0 Å². The Morgan fingerprint density at radius 3 is 2.48 bits per heavy atom. The van der Waals surface area contributed by atoms with Crippen LogP contribution in [0.4, 0.5) is 5.82 Å². The van der Waals surface area contributed by atoms with Gasteiger partial charge in [0.1, 0.15) is 17.7 Å². The number of hydrogen-bond donors (Lipinski definition) is 2. The van der Waals surface area contributed by atoms with Crippen molar-refractivity contribution in [3.8, 4) is 5.88 Å². The third kappa shape index (κ3) is 4.06. The van der Waals surface area contributed by atoms with Gasteiger partial charge in [-0.05, 0) is 31.1 Å². The molecule has 0 radical (unpaired) electrons. The van der Waals surface area contributed by atoms with E-state index in [1.807, 2.05) is 0 Å². The Morgan fingerprint density at radius 2 is 1.90 bits per heavy atom. The van der Waals surface area contributed by atoms with Gasteiger partial charge in [-0.25, -0.2) is 10.8 Å². The minimum Gasteiger partial charge on any atom is -0.474 e. The fraction of sp³-hybridized carbons (Fsp3) is 0.750. The topological polar surface area (TPSA) is 73.1 Å². The maximum absolute atomic E-state index is 6.11. The van der Waals surface area contributed by atoms with E-state index in [9.17, 15) is 0 Å². The Kier molecular flexibility index (Phi) is 4.71. The average Bonchev–Trinajstić information content (AvgIpc) is 2.41. The third-order valence-corrected chi connectivity index (χ3v) is 4.36. The number of hydrogen-bond acceptors (Lipinski definition) is 5. The summed E-state index contributed by atoms with van der Waals surface area (Å²) in [6.07, 6.45) is 3.63. The molecule has 1 heterocycles. The summed E-state index contributed by atoms with van der Waals surface area (Å²) in [5.41, 5.74) is 2.46. The lowest BCUT2D eigenvalue weighted by molar-refractivity contribution is 0.0959. The van der Waals surface area contributed by atoms with E-state index < -0.39 is 0 Å². The highest BCUT2D eigenvalue weighted by molar-refractivity contribution is 5.38. The first-order valence-corrected chi connectivity index (χ1v) is 7.82. The second-order valence-electron chi connectivity index (χ2n) is 7.32. The summed E-state index contributed by atoms with van der Waals surface area (Å²) in [5, 5.41) is 0. The van der Waals surface area contributed by atoms with E-state index in [-0.39, 0.29) is 11.5 Å². The van der Waals surface area contributed by atoms with Crippen LogP contribution in [0, 0.1) is 11.8 Å². The molecule has 2 rings (SSSR count). The van der Waals surface area contributed by atoms with Crippen LogP contribution in [-0.2, 0) is 5.41 Å². The molecular weight excluding hydrogens is 264 g/mol. The maximum atomic E-state index is 6.11. The van der Waals surface area contributed by atoms with E-state index in [1.54, 1.807) is 6.07 Å². The van der Waals surface area contributed by atoms with Crippen molar-refractivity contribution in [2.24, 2.45) is 17.7 Å². The lowest BCUT2D eigenvalue weighted by Crippen LogP contribution is -2.29. The molecule has 0 saturated heterocycles. The highest BCUT2D eigenvalue weighted by Crippen LogP contribution is 2.32. The summed E-state index contributed by atoms with van der Waals surface area (Å²) < 4.78 is 6.11. The number of rotatable bonds is 3. The van der Waals surface area contributed by atoms with Crippen LogP contribution in [-0.4, -0.2) is 16.1 Å². The molecule has 3 N–H and O–H groups in total. The van der Waals surface area contributed by atoms with Gasteiger partial charge in [0.05, 0.1) is 0 Å². The largest absolute Gasteiger partial charge is 0.474 e. The van der Waals surface area contributed by atoms with E-state index in [0.717, 1.165) is 24.6 Å². The molecular formula is C16H28N4O. The van der Waals surface area contributed by atoms with E-state index >= 15 is 0 Å². The summed E-state index contributed by atoms with van der Waals surface area (Å²) in [6.45, 7) is 10.9. The Bertz CT molecular complexity index is 484. The molecule has 1 aliphatic rings. The van der Waals surface area contributed by atoms with Crippen molar-refractivity contribution >= 4 is 5.82 Å². The number of nitrogens with zero attached hydrogens (tertiary/aromatic N) is 2. The normalized spacial score (nSPS) is 26.5. The van der Waals surface area contributed by atoms with Gasteiger partial charge in [-0.3, -0.25) is 0 Å². The molecule has 1 aromatic heterocycles. The zero-order valence-electron chi connectivity index (χ0n) is 13.8. The number of anilines is 1. The van der Waals surface area contributed by atoms with Crippen LogP contribution in [0.2, 0.25) is 0 Å². The molecule has 0 spiro atoms. The van der Waals surface area contributed by atoms with Crippen LogP contribution in [0.15, 0.2) is 6.07 Å². The molecule has 5 nitrogen and oxygen atoms in total. The average molecular weight is 292 g/mol. The molecule has 0 amide bonds. The lowest BCUT2D eigenvalue weighted by atomic mass is 9.80. The van der Waals surface area contributed by atoms with Crippen LogP contribution in [0.25, 0.3) is 0 Å². The molecule has 1 saturated carbocycles. The van der Waals surface area contributed by atoms with Gasteiger partial charge in [0.2, 0.25) is 5.88 Å². The third-order valence-electron chi connectivity index (χ3n) is 4.36. The fourth-order valence-corrected chi connectivity index (χ4v) is 2.67. The van der Waals surface area contributed by atoms with E-state index in [4.69, 9.17) is 10.6 Å². The molecule has 0 aliphatic heterocycles. The Labute approximate surface area is 127 Å². The first-order valence-electron chi connectivity index (χ1n) is 7.82. The van der Waals surface area contributed by atoms with Crippen LogP contribution >= 0.6 is 0 Å². The summed E-state index contributed by atoms with van der Waals surface area (Å²) in [4.78, 5) is 8.98. The standard InChI is InChI=1S/C16H28N4O/c1-10-6-7-12(8-11(10)2)21-14-9-13(20-17)18-15(19-14)16(3,4)5/h9-12H,6-8,17H2,1-5H3,(H,18,19,20). The zero-order valence-corrected chi connectivity index (χ0v) is 13.8. The monoisotopic (exact) mass is 292 g/mol. The zero-order chi connectivity index (χ0) is 15.6. The lowest BCUT2D eigenvalue weighted by Gasteiger charge is -2.32. The summed E-state index contributed by atoms with van der Waals surface area (Å²) >= 11 is 0. The van der Waals surface area contributed by atoms with E-state index in [2.05, 4.69) is 50.0 Å². The minimum absolute atomic E-state index is 0.140. The molecule has 1 aliphatic carbocycles. The number of nitrogens with two attached hydrogens (primary N) is 1. The van der Waals surface area contributed by atoms with Crippen molar-refractivity contribution in [1.82, 2.24) is 9.97 Å². The first kappa shape index (κ1) is 16.0. The van der Waals surface area contributed by atoms with Crippen LogP contribution in [0.5, 0.6) is 5.88 Å². The predicted octanol–water partition coefficient (Wildman–Crippen LogP) is 3.26. The number of aromatic nitrogens is 2. The molecule has 0 aromatic carbocycles. The Morgan fingerprint density at radius 1 is 1.19 bits per heavy atom. The quantitative estimate of drug-likeness (QED) is 0.661. The van der Waals surface area contributed by atoms with Crippen molar-refractivity contribution < 1.29 is 4.74 Å². The van der Waals surface area contributed by atoms with Crippen LogP contribution in [0.3, 0.4) is 0 Å². The predicted molar refractivity (Wildman–Crippen MR) is 85.1 cm³/mol. The molecule has 21 heavy (non-hydrogen) atoms. The second-order valence-corrected chi connectivity index (χ2v) is 7.32. The first-order chi connectivity index (χ1) is 9.79. The smallest absolute Gasteiger partial charge is 0.219 e. The summed E-state index contributed by atoms with van der Waals surface area (Å²) in [5.74, 6) is 8.94. The minimum atomic E-state index is -0.140. The van der Waals surface area contributed by atoms with Crippen molar-refractivity contribution in [2.75, 3.05) is 5.43 Å². The number of nitrogens with one attached hydrogen (secondary N) is 1. The Balaban J connectivity index is 2.16. The molecule has 1 aromatic rings. The van der Waals surface area contributed by atoms with Crippen molar-refractivity contribution in [2.45, 2.75) is 65.4 Å². The molecule has 0 bridgehead atoms.